The van der Waals surface area contributed by atoms with Gasteiger partial charge in [-0.1, -0.05) is 51.1 Å². The van der Waals surface area contributed by atoms with E-state index in [1.165, 1.54) is 7.11 Å². The molecule has 0 radical (unpaired) electrons. The molecule has 0 saturated heterocycles. The predicted molar refractivity (Wildman–Crippen MR) is 80.2 cm³/mol. The maximum atomic E-state index is 12.2. The van der Waals surface area contributed by atoms with Gasteiger partial charge in [0.1, 0.15) is 6.04 Å². The molecule has 21 heavy (non-hydrogen) atoms. The Morgan fingerprint density at radius 1 is 1.19 bits per heavy atom. The van der Waals surface area contributed by atoms with E-state index < -0.39 is 17.6 Å². The van der Waals surface area contributed by atoms with E-state index in [0.29, 0.717) is 6.54 Å². The summed E-state index contributed by atoms with van der Waals surface area (Å²) < 4.78 is 4.55. The first kappa shape index (κ1) is 17.0. The Balaban J connectivity index is 2.54. The van der Waals surface area contributed by atoms with Gasteiger partial charge in [-0.25, -0.2) is 10.2 Å². The Kier molecular flexibility index (Phi) is 6.17. The second-order valence-electron chi connectivity index (χ2n) is 5.76. The smallest absolute Gasteiger partial charge is 0.407 e. The lowest BCUT2D eigenvalue weighted by Crippen LogP contribution is -2.56. The van der Waals surface area contributed by atoms with Crippen LogP contribution < -0.4 is 16.2 Å². The molecule has 0 heterocycles. The molecule has 2 amide bonds. The quantitative estimate of drug-likeness (QED) is 0.720. The van der Waals surface area contributed by atoms with Gasteiger partial charge in [0.05, 0.1) is 7.11 Å². The summed E-state index contributed by atoms with van der Waals surface area (Å²) in [6.07, 6.45) is -0.631. The molecule has 1 atom stereocenters. The van der Waals surface area contributed by atoms with E-state index in [1.807, 2.05) is 51.1 Å². The van der Waals surface area contributed by atoms with Crippen molar-refractivity contribution in [1.82, 2.24) is 16.2 Å². The van der Waals surface area contributed by atoms with Crippen molar-refractivity contribution in [3.8, 4) is 0 Å². The molecule has 0 spiro atoms. The molecule has 3 N–H and O–H groups in total. The van der Waals surface area contributed by atoms with E-state index in [1.54, 1.807) is 0 Å². The predicted octanol–water partition coefficient (Wildman–Crippen LogP) is 1.58. The molecule has 1 aromatic carbocycles. The largest absolute Gasteiger partial charge is 0.453 e. The van der Waals surface area contributed by atoms with Crippen LogP contribution in [0, 0.1) is 5.41 Å². The number of hydrogen-bond donors (Lipinski definition) is 3. The van der Waals surface area contributed by atoms with Gasteiger partial charge in [0.25, 0.3) is 5.91 Å². The third kappa shape index (κ3) is 5.83. The van der Waals surface area contributed by atoms with Gasteiger partial charge in [-0.3, -0.25) is 10.2 Å². The van der Waals surface area contributed by atoms with Crippen LogP contribution in [0.25, 0.3) is 0 Å². The highest BCUT2D eigenvalue weighted by atomic mass is 16.5. The summed E-state index contributed by atoms with van der Waals surface area (Å²) in [6.45, 7) is 6.10. The highest BCUT2D eigenvalue weighted by Crippen LogP contribution is 2.19. The molecule has 0 fully saturated rings. The zero-order valence-electron chi connectivity index (χ0n) is 12.9. The van der Waals surface area contributed by atoms with E-state index in [4.69, 9.17) is 0 Å². The third-order valence-electron chi connectivity index (χ3n) is 2.92. The van der Waals surface area contributed by atoms with Crippen LogP contribution >= 0.6 is 0 Å². The minimum Gasteiger partial charge on any atom is -0.453 e. The number of alkyl carbamates (subject to hydrolysis) is 1. The Bertz CT molecular complexity index is 469. The molecule has 1 aromatic rings. The van der Waals surface area contributed by atoms with Gasteiger partial charge < -0.3 is 10.1 Å². The first-order chi connectivity index (χ1) is 9.84. The lowest BCUT2D eigenvalue weighted by Gasteiger charge is -2.29. The number of hydrogen-bond acceptors (Lipinski definition) is 4. The van der Waals surface area contributed by atoms with E-state index in [2.05, 4.69) is 20.9 Å². The van der Waals surface area contributed by atoms with Crippen LogP contribution in [0.4, 0.5) is 4.79 Å². The summed E-state index contributed by atoms with van der Waals surface area (Å²) in [5.74, 6) is -0.316. The van der Waals surface area contributed by atoms with Gasteiger partial charge in [-0.05, 0) is 11.0 Å². The average Bonchev–Trinajstić information content (AvgIpc) is 2.44. The molecular formula is C15H23N3O3. The number of rotatable bonds is 5. The van der Waals surface area contributed by atoms with Crippen molar-refractivity contribution in [2.75, 3.05) is 7.11 Å². The number of carbonyl (C=O) groups excluding carboxylic acids is 2. The zero-order valence-corrected chi connectivity index (χ0v) is 12.9. The van der Waals surface area contributed by atoms with Crippen LogP contribution in [0.2, 0.25) is 0 Å². The summed E-state index contributed by atoms with van der Waals surface area (Å²) >= 11 is 0. The number of carbonyl (C=O) groups is 2. The van der Waals surface area contributed by atoms with Gasteiger partial charge in [0.2, 0.25) is 0 Å². The van der Waals surface area contributed by atoms with Crippen LogP contribution in [0.3, 0.4) is 0 Å². The second kappa shape index (κ2) is 7.64. The molecule has 116 valence electrons. The summed E-state index contributed by atoms with van der Waals surface area (Å²) in [5.41, 5.74) is 6.07. The molecule has 0 aliphatic rings. The van der Waals surface area contributed by atoms with Gasteiger partial charge in [0.15, 0.2) is 0 Å². The van der Waals surface area contributed by atoms with Crippen molar-refractivity contribution >= 4 is 12.0 Å². The monoisotopic (exact) mass is 293 g/mol. The van der Waals surface area contributed by atoms with Gasteiger partial charge in [0, 0.05) is 6.54 Å². The van der Waals surface area contributed by atoms with Crippen molar-refractivity contribution in [2.24, 2.45) is 5.41 Å². The van der Waals surface area contributed by atoms with Crippen LogP contribution in [0.1, 0.15) is 26.3 Å². The summed E-state index contributed by atoms with van der Waals surface area (Å²) in [5, 5.41) is 2.54. The van der Waals surface area contributed by atoms with Crippen molar-refractivity contribution < 1.29 is 14.3 Å². The fourth-order valence-electron chi connectivity index (χ4n) is 1.75. The standard InChI is InChI=1S/C15H23N3O3/c1-15(2,3)12(17-14(20)21-4)13(19)18-16-10-11-8-6-5-7-9-11/h5-9,12,16H,10H2,1-4H3,(H,17,20)(H,18,19). The second-order valence-corrected chi connectivity index (χ2v) is 5.76. The van der Waals surface area contributed by atoms with Gasteiger partial charge >= 0.3 is 6.09 Å². The maximum absolute atomic E-state index is 12.2. The molecular weight excluding hydrogens is 270 g/mol. The molecule has 6 heteroatoms. The Morgan fingerprint density at radius 2 is 1.81 bits per heavy atom. The Morgan fingerprint density at radius 3 is 2.33 bits per heavy atom. The molecule has 0 bridgehead atoms. The first-order valence-electron chi connectivity index (χ1n) is 6.75. The number of hydrazine groups is 1. The topological polar surface area (TPSA) is 79.5 Å². The molecule has 1 unspecified atom stereocenters. The Labute approximate surface area is 125 Å². The van der Waals surface area contributed by atoms with E-state index in [9.17, 15) is 9.59 Å². The molecule has 0 aliphatic carbocycles. The van der Waals surface area contributed by atoms with Crippen LogP contribution in [0.15, 0.2) is 30.3 Å². The summed E-state index contributed by atoms with van der Waals surface area (Å²) in [7, 11) is 1.26. The van der Waals surface area contributed by atoms with Crippen molar-refractivity contribution in [2.45, 2.75) is 33.4 Å². The lowest BCUT2D eigenvalue weighted by atomic mass is 9.86. The Hall–Kier alpha value is -2.08. The minimum absolute atomic E-state index is 0.316. The number of methoxy groups -OCH3 is 1. The van der Waals surface area contributed by atoms with Gasteiger partial charge in [-0.15, -0.1) is 0 Å². The summed E-state index contributed by atoms with van der Waals surface area (Å²) in [6, 6.07) is 8.98. The normalized spacial score (nSPS) is 12.4. The van der Waals surface area contributed by atoms with Crippen LogP contribution in [-0.4, -0.2) is 25.2 Å². The number of nitrogens with one attached hydrogen (secondary N) is 3. The fourth-order valence-corrected chi connectivity index (χ4v) is 1.75. The van der Waals surface area contributed by atoms with Gasteiger partial charge in [-0.2, -0.15) is 0 Å². The average molecular weight is 293 g/mol. The first-order valence-corrected chi connectivity index (χ1v) is 6.75. The lowest BCUT2D eigenvalue weighted by molar-refractivity contribution is -0.126. The summed E-state index contributed by atoms with van der Waals surface area (Å²) in [4.78, 5) is 23.5. The highest BCUT2D eigenvalue weighted by Gasteiger charge is 2.33. The molecule has 1 rings (SSSR count). The number of ether oxygens (including phenoxy) is 1. The van der Waals surface area contributed by atoms with E-state index in [-0.39, 0.29) is 5.91 Å². The SMILES string of the molecule is COC(=O)NC(C(=O)NNCc1ccccc1)C(C)(C)C. The van der Waals surface area contributed by atoms with Crippen molar-refractivity contribution in [3.05, 3.63) is 35.9 Å². The fraction of sp³-hybridized carbons (Fsp3) is 0.467. The molecule has 0 aliphatic heterocycles. The maximum Gasteiger partial charge on any atom is 0.407 e. The van der Waals surface area contributed by atoms with Crippen molar-refractivity contribution in [3.63, 3.8) is 0 Å². The van der Waals surface area contributed by atoms with E-state index >= 15 is 0 Å². The molecule has 0 aromatic heterocycles. The van der Waals surface area contributed by atoms with Crippen LogP contribution in [-0.2, 0) is 16.1 Å². The third-order valence-corrected chi connectivity index (χ3v) is 2.92. The molecule has 0 saturated carbocycles. The number of benzene rings is 1. The van der Waals surface area contributed by atoms with Crippen LogP contribution in [0.5, 0.6) is 0 Å². The van der Waals surface area contributed by atoms with E-state index in [0.717, 1.165) is 5.56 Å². The number of amides is 2. The minimum atomic E-state index is -0.701. The highest BCUT2D eigenvalue weighted by molar-refractivity contribution is 5.86. The molecule has 6 nitrogen and oxygen atoms in total. The zero-order chi connectivity index (χ0) is 15.9. The van der Waals surface area contributed by atoms with Crippen molar-refractivity contribution in [1.29, 1.82) is 0 Å².